The van der Waals surface area contributed by atoms with Crippen LogP contribution in [0.25, 0.3) is 0 Å². The molecule has 0 saturated carbocycles. The van der Waals surface area contributed by atoms with Gasteiger partial charge in [-0.3, -0.25) is 4.79 Å². The number of nitrogens with zero attached hydrogens (tertiary/aromatic N) is 1. The molecule has 1 aliphatic rings. The van der Waals surface area contributed by atoms with E-state index in [0.29, 0.717) is 40.3 Å². The van der Waals surface area contributed by atoms with E-state index in [1.165, 1.54) is 0 Å². The third-order valence-electron chi connectivity index (χ3n) is 3.77. The van der Waals surface area contributed by atoms with Gasteiger partial charge in [-0.25, -0.2) is 0 Å². The molecule has 126 valence electrons. The largest absolute Gasteiger partial charge is 0.370 e. The van der Waals surface area contributed by atoms with Gasteiger partial charge in [0.15, 0.2) is 0 Å². The summed E-state index contributed by atoms with van der Waals surface area (Å²) in [7, 11) is 0. The Morgan fingerprint density at radius 3 is 2.54 bits per heavy atom. The zero-order valence-electron chi connectivity index (χ0n) is 12.4. The van der Waals surface area contributed by atoms with Crippen LogP contribution in [0.15, 0.2) is 40.9 Å². The number of carbonyl (C=O) groups excluding carboxylic acids is 1. The molecular weight excluding hydrogens is 436 g/mol. The van der Waals surface area contributed by atoms with E-state index in [-0.39, 0.29) is 12.0 Å². The summed E-state index contributed by atoms with van der Waals surface area (Å²) in [5.74, 6) is -0.122. The first kappa shape index (κ1) is 18.0. The number of amides is 1. The Hall–Kier alpha value is -0.780. The van der Waals surface area contributed by atoms with Crippen LogP contribution < -0.4 is 0 Å². The zero-order chi connectivity index (χ0) is 17.3. The monoisotopic (exact) mass is 447 g/mol. The fourth-order valence-corrected chi connectivity index (χ4v) is 3.73. The van der Waals surface area contributed by atoms with Crippen LogP contribution in [-0.4, -0.2) is 30.5 Å². The minimum Gasteiger partial charge on any atom is -0.370 e. The number of benzene rings is 2. The predicted octanol–water partition coefficient (Wildman–Crippen LogP) is 5.62. The maximum absolute atomic E-state index is 12.8. The lowest BCUT2D eigenvalue weighted by molar-refractivity contribution is -0.0228. The van der Waals surface area contributed by atoms with E-state index in [0.717, 1.165) is 10.0 Å². The number of carbonyl (C=O) groups is 1. The number of ether oxygens (including phenoxy) is 1. The highest BCUT2D eigenvalue weighted by Gasteiger charge is 2.27. The standard InChI is InChI=1S/C17H13BrCl3NO2/c18-11-1-2-15(21)14(7-11)17(23)22-3-4-24-16(9-22)10-5-12(19)8-13(20)6-10/h1-2,5-8,16H,3-4,9H2. The predicted molar refractivity (Wildman–Crippen MR) is 100 cm³/mol. The van der Waals surface area contributed by atoms with Crippen LogP contribution in [-0.2, 0) is 4.74 Å². The van der Waals surface area contributed by atoms with Gasteiger partial charge < -0.3 is 9.64 Å². The van der Waals surface area contributed by atoms with E-state index in [1.54, 1.807) is 41.3 Å². The summed E-state index contributed by atoms with van der Waals surface area (Å²) in [4.78, 5) is 14.5. The molecule has 0 bridgehead atoms. The number of hydrogen-bond acceptors (Lipinski definition) is 2. The molecular formula is C17H13BrCl3NO2. The zero-order valence-corrected chi connectivity index (χ0v) is 16.3. The Morgan fingerprint density at radius 1 is 1.12 bits per heavy atom. The fraction of sp³-hybridized carbons (Fsp3) is 0.235. The highest BCUT2D eigenvalue weighted by Crippen LogP contribution is 2.29. The van der Waals surface area contributed by atoms with E-state index in [1.807, 2.05) is 0 Å². The van der Waals surface area contributed by atoms with Crippen molar-refractivity contribution >= 4 is 56.6 Å². The molecule has 1 fully saturated rings. The average Bonchev–Trinajstić information content (AvgIpc) is 2.55. The molecule has 1 heterocycles. The maximum Gasteiger partial charge on any atom is 0.255 e. The molecule has 1 atom stereocenters. The number of hydrogen-bond donors (Lipinski definition) is 0. The van der Waals surface area contributed by atoms with Crippen molar-refractivity contribution in [2.45, 2.75) is 6.10 Å². The molecule has 0 N–H and O–H groups in total. The van der Waals surface area contributed by atoms with Crippen LogP contribution in [0.4, 0.5) is 0 Å². The van der Waals surface area contributed by atoms with Gasteiger partial charge in [-0.1, -0.05) is 50.7 Å². The summed E-state index contributed by atoms with van der Waals surface area (Å²) in [6.07, 6.45) is -0.273. The highest BCUT2D eigenvalue weighted by molar-refractivity contribution is 9.10. The normalized spacial score (nSPS) is 17.8. The van der Waals surface area contributed by atoms with Crippen molar-refractivity contribution in [2.24, 2.45) is 0 Å². The minimum atomic E-state index is -0.273. The molecule has 0 spiro atoms. The van der Waals surface area contributed by atoms with Gasteiger partial charge in [-0.15, -0.1) is 0 Å². The lowest BCUT2D eigenvalue weighted by atomic mass is 10.1. The lowest BCUT2D eigenvalue weighted by Gasteiger charge is -2.33. The molecule has 24 heavy (non-hydrogen) atoms. The summed E-state index contributed by atoms with van der Waals surface area (Å²) < 4.78 is 6.60. The third-order valence-corrected chi connectivity index (χ3v) is 5.03. The summed E-state index contributed by atoms with van der Waals surface area (Å²) in [6, 6.07) is 10.5. The molecule has 7 heteroatoms. The van der Waals surface area contributed by atoms with Crippen LogP contribution in [0.5, 0.6) is 0 Å². The van der Waals surface area contributed by atoms with Crippen LogP contribution in [0.2, 0.25) is 15.1 Å². The lowest BCUT2D eigenvalue weighted by Crippen LogP contribution is -2.42. The van der Waals surface area contributed by atoms with E-state index >= 15 is 0 Å². The Bertz CT molecular complexity index is 764. The molecule has 2 aromatic carbocycles. The van der Waals surface area contributed by atoms with Crippen molar-refractivity contribution in [3.63, 3.8) is 0 Å². The second kappa shape index (κ2) is 7.63. The molecule has 1 amide bonds. The number of halogens is 4. The average molecular weight is 450 g/mol. The van der Waals surface area contributed by atoms with E-state index in [4.69, 9.17) is 39.5 Å². The number of morpholine rings is 1. The van der Waals surface area contributed by atoms with Crippen molar-refractivity contribution < 1.29 is 9.53 Å². The van der Waals surface area contributed by atoms with Crippen molar-refractivity contribution in [1.82, 2.24) is 4.90 Å². The van der Waals surface area contributed by atoms with Gasteiger partial charge in [-0.05, 0) is 42.0 Å². The van der Waals surface area contributed by atoms with Gasteiger partial charge in [-0.2, -0.15) is 0 Å². The van der Waals surface area contributed by atoms with Crippen molar-refractivity contribution in [3.8, 4) is 0 Å². The molecule has 2 aromatic rings. The van der Waals surface area contributed by atoms with Crippen molar-refractivity contribution in [2.75, 3.05) is 19.7 Å². The first-order chi connectivity index (χ1) is 11.4. The second-order valence-corrected chi connectivity index (χ2v) is 7.63. The van der Waals surface area contributed by atoms with Gasteiger partial charge >= 0.3 is 0 Å². The SMILES string of the molecule is O=C(c1cc(Br)ccc1Cl)N1CCOC(c2cc(Cl)cc(Cl)c2)C1. The fourth-order valence-electron chi connectivity index (χ4n) is 2.63. The van der Waals surface area contributed by atoms with Crippen LogP contribution in [0, 0.1) is 0 Å². The van der Waals surface area contributed by atoms with Crippen LogP contribution >= 0.6 is 50.7 Å². The third kappa shape index (κ3) is 4.06. The number of rotatable bonds is 2. The topological polar surface area (TPSA) is 29.5 Å². The van der Waals surface area contributed by atoms with Gasteiger partial charge in [0.05, 0.1) is 23.7 Å². The molecule has 3 rings (SSSR count). The van der Waals surface area contributed by atoms with E-state index in [9.17, 15) is 4.79 Å². The van der Waals surface area contributed by atoms with Crippen LogP contribution in [0.3, 0.4) is 0 Å². The quantitative estimate of drug-likeness (QED) is 0.595. The molecule has 3 nitrogen and oxygen atoms in total. The smallest absolute Gasteiger partial charge is 0.255 e. The van der Waals surface area contributed by atoms with Gasteiger partial charge in [0.2, 0.25) is 0 Å². The molecule has 0 radical (unpaired) electrons. The van der Waals surface area contributed by atoms with Crippen molar-refractivity contribution in [3.05, 3.63) is 67.1 Å². The summed E-state index contributed by atoms with van der Waals surface area (Å²) >= 11 is 21.7. The molecule has 0 aliphatic carbocycles. The summed E-state index contributed by atoms with van der Waals surface area (Å²) in [5, 5.41) is 1.51. The van der Waals surface area contributed by atoms with Crippen molar-refractivity contribution in [1.29, 1.82) is 0 Å². The first-order valence-corrected chi connectivity index (χ1v) is 9.18. The van der Waals surface area contributed by atoms with Crippen LogP contribution in [0.1, 0.15) is 22.0 Å². The molecule has 1 unspecified atom stereocenters. The molecule has 0 aromatic heterocycles. The second-order valence-electron chi connectivity index (χ2n) is 5.44. The summed E-state index contributed by atoms with van der Waals surface area (Å²) in [6.45, 7) is 1.36. The minimum absolute atomic E-state index is 0.122. The van der Waals surface area contributed by atoms with Gasteiger partial charge in [0, 0.05) is 21.1 Å². The Balaban J connectivity index is 1.82. The Kier molecular flexibility index (Phi) is 5.73. The van der Waals surface area contributed by atoms with Gasteiger partial charge in [0.25, 0.3) is 5.91 Å². The first-order valence-electron chi connectivity index (χ1n) is 7.26. The Labute approximate surface area is 163 Å². The van der Waals surface area contributed by atoms with Gasteiger partial charge in [0.1, 0.15) is 6.10 Å². The highest BCUT2D eigenvalue weighted by atomic mass is 79.9. The summed E-state index contributed by atoms with van der Waals surface area (Å²) in [5.41, 5.74) is 1.32. The molecule has 1 saturated heterocycles. The van der Waals surface area contributed by atoms with E-state index < -0.39 is 0 Å². The molecule has 1 aliphatic heterocycles. The van der Waals surface area contributed by atoms with E-state index in [2.05, 4.69) is 15.9 Å². The Morgan fingerprint density at radius 2 is 1.83 bits per heavy atom. The maximum atomic E-state index is 12.8.